The van der Waals surface area contributed by atoms with Crippen LogP contribution in [-0.2, 0) is 36.8 Å². The van der Waals surface area contributed by atoms with Crippen LogP contribution in [0.15, 0.2) is 71.9 Å². The van der Waals surface area contributed by atoms with E-state index in [0.717, 1.165) is 33.6 Å². The second-order valence-electron chi connectivity index (χ2n) is 17.1. The van der Waals surface area contributed by atoms with E-state index in [-0.39, 0.29) is 32.6 Å². The van der Waals surface area contributed by atoms with Crippen LogP contribution in [0.3, 0.4) is 0 Å². The third-order valence-electron chi connectivity index (χ3n) is 12.6. The minimum Gasteiger partial charge on any atom is -0.509 e. The van der Waals surface area contributed by atoms with Crippen molar-refractivity contribution in [1.29, 1.82) is 0 Å². The SMILES string of the molecule is Cc1cc(C)c2c(c1)[C@@H]1OC(c3[c-]c(Oc4[c-]c5c(cc4C)C(C)(C)c4cccc6c7c(C)ccnc7n-5c46)c(C)cc3C)=N[C@]1(C)c1cc(C)cc(C)c1-2.[Pt+2]. The third kappa shape index (κ3) is 4.89. The summed E-state index contributed by atoms with van der Waals surface area (Å²) >= 11 is 0. The molecule has 56 heavy (non-hydrogen) atoms. The van der Waals surface area contributed by atoms with E-state index in [2.05, 4.69) is 154 Å². The number of fused-ring (bicyclic) bond motifs is 11. The van der Waals surface area contributed by atoms with Gasteiger partial charge in [-0.1, -0.05) is 111 Å². The predicted octanol–water partition coefficient (Wildman–Crippen LogP) is 12.1. The molecule has 5 nitrogen and oxygen atoms in total. The molecule has 282 valence electrons. The van der Waals surface area contributed by atoms with Gasteiger partial charge in [0.25, 0.3) is 0 Å². The number of pyridine rings is 1. The molecule has 3 aliphatic rings. The van der Waals surface area contributed by atoms with Crippen molar-refractivity contribution in [2.24, 2.45) is 4.99 Å². The molecule has 5 aromatic carbocycles. The fourth-order valence-corrected chi connectivity index (χ4v) is 10.0. The minimum absolute atomic E-state index is 0. The molecule has 0 radical (unpaired) electrons. The minimum atomic E-state index is -0.607. The molecule has 10 rings (SSSR count). The van der Waals surface area contributed by atoms with Gasteiger partial charge in [-0.25, -0.2) is 4.98 Å². The number of hydrogen-bond acceptors (Lipinski definition) is 4. The molecule has 4 heterocycles. The number of nitrogens with zero attached hydrogens (tertiary/aromatic N) is 3. The van der Waals surface area contributed by atoms with Crippen molar-refractivity contribution in [2.45, 2.75) is 93.2 Å². The maximum absolute atomic E-state index is 7.03. The van der Waals surface area contributed by atoms with Gasteiger partial charge >= 0.3 is 21.1 Å². The summed E-state index contributed by atoms with van der Waals surface area (Å²) in [6, 6.07) is 29.8. The van der Waals surface area contributed by atoms with Crippen molar-refractivity contribution < 1.29 is 30.5 Å². The second-order valence-corrected chi connectivity index (χ2v) is 17.1. The quantitative estimate of drug-likeness (QED) is 0.166. The average Bonchev–Trinajstić information content (AvgIpc) is 3.66. The van der Waals surface area contributed by atoms with Crippen LogP contribution in [0.2, 0.25) is 0 Å². The van der Waals surface area contributed by atoms with Crippen LogP contribution < -0.4 is 4.74 Å². The van der Waals surface area contributed by atoms with Gasteiger partial charge in [0.2, 0.25) is 0 Å². The largest absolute Gasteiger partial charge is 2.00 e. The number of ether oxygens (including phenoxy) is 2. The number of hydrogen-bond donors (Lipinski definition) is 0. The fraction of sp³-hybridized carbons (Fsp3) is 0.280. The molecule has 6 heteroatoms. The van der Waals surface area contributed by atoms with E-state index in [1.54, 1.807) is 0 Å². The molecule has 2 aliphatic heterocycles. The van der Waals surface area contributed by atoms with E-state index < -0.39 is 5.54 Å². The molecular weight excluding hydrogens is 870 g/mol. The molecule has 0 N–H and O–H groups in total. The van der Waals surface area contributed by atoms with Crippen LogP contribution in [0.4, 0.5) is 0 Å². The van der Waals surface area contributed by atoms with Gasteiger partial charge in [0.15, 0.2) is 0 Å². The molecule has 7 aromatic rings. The predicted molar refractivity (Wildman–Crippen MR) is 222 cm³/mol. The summed E-state index contributed by atoms with van der Waals surface area (Å²) < 4.78 is 16.2. The van der Waals surface area contributed by atoms with Gasteiger partial charge < -0.3 is 14.0 Å². The third-order valence-corrected chi connectivity index (χ3v) is 12.6. The van der Waals surface area contributed by atoms with Crippen molar-refractivity contribution in [1.82, 2.24) is 9.55 Å². The summed E-state index contributed by atoms with van der Waals surface area (Å²) in [6.07, 6.45) is 1.64. The van der Waals surface area contributed by atoms with Crippen LogP contribution in [0, 0.1) is 67.5 Å². The Labute approximate surface area is 344 Å². The standard InChI is InChI=1S/C50H45N3O2.Pt/c1-25-17-31(7)42-35(19-25)46-50(11,38-20-26(2)18-32(8)44(38)42)52-48(55-46)34-23-40(29(5)21-28(34)4)54-41-24-39-37(22-30(41)6)49(9,10)36-14-12-13-33-43-27(3)15-16-51-47(43)53(39)45(33)36;/h12-22,46H,1-11H3;/q-2;+2/t46-,50+;/m0./s1. The van der Waals surface area contributed by atoms with Gasteiger partial charge in [-0.05, 0) is 92.0 Å². The zero-order chi connectivity index (χ0) is 38.5. The van der Waals surface area contributed by atoms with Gasteiger partial charge in [-0.3, -0.25) is 4.99 Å². The van der Waals surface area contributed by atoms with Gasteiger partial charge in [0.1, 0.15) is 23.2 Å². The van der Waals surface area contributed by atoms with Gasteiger partial charge in [0, 0.05) is 34.0 Å². The molecule has 0 unspecified atom stereocenters. The number of aromatic nitrogens is 2. The van der Waals surface area contributed by atoms with E-state index in [1.807, 2.05) is 6.20 Å². The Kier molecular flexibility index (Phi) is 8.02. The van der Waals surface area contributed by atoms with Crippen molar-refractivity contribution in [3.8, 4) is 28.3 Å². The van der Waals surface area contributed by atoms with Crippen LogP contribution in [-0.4, -0.2) is 15.4 Å². The molecule has 0 bridgehead atoms. The average molecular weight is 915 g/mol. The normalized spacial score (nSPS) is 18.4. The molecule has 0 amide bonds. The molecule has 2 aromatic heterocycles. The maximum Gasteiger partial charge on any atom is 2.00 e. The van der Waals surface area contributed by atoms with Gasteiger partial charge in [0.05, 0.1) is 5.52 Å². The van der Waals surface area contributed by atoms with Crippen molar-refractivity contribution in [3.63, 3.8) is 0 Å². The Morgan fingerprint density at radius 1 is 0.696 bits per heavy atom. The number of benzene rings is 5. The monoisotopic (exact) mass is 914 g/mol. The van der Waals surface area contributed by atoms with Crippen LogP contribution >= 0.6 is 0 Å². The summed E-state index contributed by atoms with van der Waals surface area (Å²) in [7, 11) is 0. The first kappa shape index (κ1) is 36.6. The first-order valence-electron chi connectivity index (χ1n) is 19.4. The molecule has 0 spiro atoms. The van der Waals surface area contributed by atoms with Crippen molar-refractivity contribution >= 4 is 27.8 Å². The van der Waals surface area contributed by atoms with Gasteiger partial charge in [-0.15, -0.1) is 28.8 Å². The first-order chi connectivity index (χ1) is 26.2. The zero-order valence-corrected chi connectivity index (χ0v) is 36.2. The summed E-state index contributed by atoms with van der Waals surface area (Å²) in [4.78, 5) is 10.4. The maximum atomic E-state index is 7.03. The Balaban J connectivity index is 0.00000410. The van der Waals surface area contributed by atoms with Crippen molar-refractivity contribution in [3.05, 3.63) is 151 Å². The Bertz CT molecular complexity index is 2910. The first-order valence-corrected chi connectivity index (χ1v) is 19.4. The van der Waals surface area contributed by atoms with Gasteiger partial charge in [-0.2, -0.15) is 6.07 Å². The summed E-state index contributed by atoms with van der Waals surface area (Å²) in [6.45, 7) is 24.1. The van der Waals surface area contributed by atoms with Crippen molar-refractivity contribution in [2.75, 3.05) is 0 Å². The Hall–Kier alpha value is -4.99. The Morgan fingerprint density at radius 2 is 1.39 bits per heavy atom. The van der Waals surface area contributed by atoms with E-state index in [1.165, 1.54) is 77.5 Å². The van der Waals surface area contributed by atoms with Crippen LogP contribution in [0.1, 0.15) is 99.2 Å². The molecule has 0 fully saturated rings. The topological polar surface area (TPSA) is 48.6 Å². The Morgan fingerprint density at radius 3 is 2.16 bits per heavy atom. The zero-order valence-electron chi connectivity index (χ0n) is 33.9. The van der Waals surface area contributed by atoms with Crippen LogP contribution in [0.5, 0.6) is 11.5 Å². The number of para-hydroxylation sites is 1. The fourth-order valence-electron chi connectivity index (χ4n) is 10.0. The van der Waals surface area contributed by atoms with E-state index in [0.29, 0.717) is 17.4 Å². The number of aryl methyl sites for hydroxylation is 8. The summed E-state index contributed by atoms with van der Waals surface area (Å²) in [5.74, 6) is 1.90. The number of aliphatic imine (C=N–C) groups is 1. The van der Waals surface area contributed by atoms with Crippen LogP contribution in [0.25, 0.3) is 38.8 Å². The molecule has 0 saturated heterocycles. The molecule has 1 aliphatic carbocycles. The smallest absolute Gasteiger partial charge is 0.509 e. The summed E-state index contributed by atoms with van der Waals surface area (Å²) in [5, 5.41) is 2.40. The number of rotatable bonds is 3. The molecular formula is C50H45N3O2Pt. The summed E-state index contributed by atoms with van der Waals surface area (Å²) in [5.41, 5.74) is 19.7. The van der Waals surface area contributed by atoms with E-state index in [4.69, 9.17) is 19.5 Å². The molecule has 2 atom stereocenters. The van der Waals surface area contributed by atoms with E-state index in [9.17, 15) is 0 Å². The second kappa shape index (κ2) is 12.3. The molecule has 0 saturated carbocycles. The van der Waals surface area contributed by atoms with E-state index >= 15 is 0 Å².